The van der Waals surface area contributed by atoms with Crippen molar-refractivity contribution in [1.29, 1.82) is 0 Å². The van der Waals surface area contributed by atoms with Gasteiger partial charge in [0.25, 0.3) is 10.0 Å². The first-order chi connectivity index (χ1) is 9.14. The number of halogens is 1. The van der Waals surface area contributed by atoms with Crippen LogP contribution in [0.3, 0.4) is 0 Å². The van der Waals surface area contributed by atoms with E-state index in [4.69, 9.17) is 11.6 Å². The van der Waals surface area contributed by atoms with Crippen LogP contribution in [0.5, 0.6) is 0 Å². The molecule has 2 aliphatic rings. The van der Waals surface area contributed by atoms with E-state index in [-0.39, 0.29) is 16.9 Å². The number of alkyl halides is 1. The summed E-state index contributed by atoms with van der Waals surface area (Å²) in [6.45, 7) is 0.615. The van der Waals surface area contributed by atoms with Gasteiger partial charge in [-0.3, -0.25) is 5.10 Å². The monoisotopic (exact) mass is 303 g/mol. The summed E-state index contributed by atoms with van der Waals surface area (Å²) >= 11 is 5.79. The van der Waals surface area contributed by atoms with Gasteiger partial charge in [0.1, 0.15) is 0 Å². The Morgan fingerprint density at radius 3 is 2.95 bits per heavy atom. The van der Waals surface area contributed by atoms with Gasteiger partial charge in [-0.1, -0.05) is 6.42 Å². The average molecular weight is 304 g/mol. The Kier molecular flexibility index (Phi) is 3.57. The number of fused-ring (bicyclic) bond motifs is 1. The molecular weight excluding hydrogens is 286 g/mol. The van der Waals surface area contributed by atoms with Crippen LogP contribution in [0, 0.1) is 5.92 Å². The largest absolute Gasteiger partial charge is 0.266 e. The van der Waals surface area contributed by atoms with Gasteiger partial charge in [0, 0.05) is 18.2 Å². The van der Waals surface area contributed by atoms with Gasteiger partial charge in [0.2, 0.25) is 0 Å². The first-order valence-electron chi connectivity index (χ1n) is 6.74. The standard InChI is InChI=1S/C12H18ClN3O2S/c13-7-10-8-14-15-12(10)19(17,18)16-6-2-4-9-3-1-5-11(9)16/h8-9,11H,1-7H2,(H,14,15). The van der Waals surface area contributed by atoms with Crippen molar-refractivity contribution < 1.29 is 8.42 Å². The normalized spacial score (nSPS) is 28.5. The van der Waals surface area contributed by atoms with Crippen LogP contribution < -0.4 is 0 Å². The Labute approximate surface area is 118 Å². The highest BCUT2D eigenvalue weighted by Crippen LogP contribution is 2.39. The van der Waals surface area contributed by atoms with E-state index in [9.17, 15) is 8.42 Å². The maximum absolute atomic E-state index is 12.8. The minimum absolute atomic E-state index is 0.160. The minimum Gasteiger partial charge on any atom is -0.266 e. The van der Waals surface area contributed by atoms with Crippen molar-refractivity contribution in [3.8, 4) is 0 Å². The number of aromatic amines is 1. The number of hydrogen-bond donors (Lipinski definition) is 1. The van der Waals surface area contributed by atoms with Crippen molar-refractivity contribution in [1.82, 2.24) is 14.5 Å². The molecule has 0 aromatic carbocycles. The van der Waals surface area contributed by atoms with E-state index in [1.165, 1.54) is 6.20 Å². The van der Waals surface area contributed by atoms with Gasteiger partial charge in [-0.05, 0) is 31.6 Å². The van der Waals surface area contributed by atoms with Crippen molar-refractivity contribution in [2.45, 2.75) is 49.1 Å². The zero-order valence-electron chi connectivity index (χ0n) is 10.7. The molecule has 0 radical (unpaired) electrons. The Morgan fingerprint density at radius 1 is 1.37 bits per heavy atom. The molecule has 106 valence electrons. The molecule has 2 atom stereocenters. The summed E-state index contributed by atoms with van der Waals surface area (Å²) in [5.41, 5.74) is 0.557. The van der Waals surface area contributed by atoms with E-state index >= 15 is 0 Å². The van der Waals surface area contributed by atoms with E-state index in [2.05, 4.69) is 10.2 Å². The Morgan fingerprint density at radius 2 is 2.16 bits per heavy atom. The van der Waals surface area contributed by atoms with Gasteiger partial charge >= 0.3 is 0 Å². The lowest BCUT2D eigenvalue weighted by Crippen LogP contribution is -2.46. The summed E-state index contributed by atoms with van der Waals surface area (Å²) in [4.78, 5) is 0. The fourth-order valence-corrected chi connectivity index (χ4v) is 5.59. The molecule has 1 aliphatic carbocycles. The molecule has 1 aliphatic heterocycles. The minimum atomic E-state index is -3.48. The molecule has 0 spiro atoms. The van der Waals surface area contributed by atoms with Gasteiger partial charge in [0.15, 0.2) is 5.03 Å². The second kappa shape index (κ2) is 5.07. The second-order valence-electron chi connectivity index (χ2n) is 5.37. The van der Waals surface area contributed by atoms with Crippen LogP contribution in [0.1, 0.15) is 37.7 Å². The quantitative estimate of drug-likeness (QED) is 0.870. The number of hydrogen-bond acceptors (Lipinski definition) is 3. The number of nitrogens with zero attached hydrogens (tertiary/aromatic N) is 2. The van der Waals surface area contributed by atoms with E-state index in [0.717, 1.165) is 32.1 Å². The molecule has 2 unspecified atom stereocenters. The summed E-state index contributed by atoms with van der Waals surface area (Å²) in [6, 6.07) is 0.172. The highest BCUT2D eigenvalue weighted by molar-refractivity contribution is 7.89. The topological polar surface area (TPSA) is 66.1 Å². The summed E-state index contributed by atoms with van der Waals surface area (Å²) in [6.07, 6.45) is 6.87. The first kappa shape index (κ1) is 13.4. The van der Waals surface area contributed by atoms with Crippen LogP contribution in [0.2, 0.25) is 0 Å². The molecule has 0 bridgehead atoms. The predicted molar refractivity (Wildman–Crippen MR) is 72.4 cm³/mol. The summed E-state index contributed by atoms with van der Waals surface area (Å²) in [7, 11) is -3.48. The Hall–Kier alpha value is -0.590. The van der Waals surface area contributed by atoms with E-state index in [0.29, 0.717) is 18.0 Å². The van der Waals surface area contributed by atoms with Gasteiger partial charge in [-0.2, -0.15) is 9.40 Å². The number of rotatable bonds is 3. The van der Waals surface area contributed by atoms with Gasteiger partial charge < -0.3 is 0 Å². The lowest BCUT2D eigenvalue weighted by molar-refractivity contribution is 0.201. The van der Waals surface area contributed by atoms with Gasteiger partial charge in [-0.15, -0.1) is 11.6 Å². The van der Waals surface area contributed by atoms with Crippen LogP contribution in [-0.4, -0.2) is 35.5 Å². The molecule has 1 saturated heterocycles. The molecule has 2 heterocycles. The van der Waals surface area contributed by atoms with Crippen molar-refractivity contribution in [2.24, 2.45) is 5.92 Å². The zero-order chi connectivity index (χ0) is 13.5. The maximum Gasteiger partial charge on any atom is 0.260 e. The van der Waals surface area contributed by atoms with Gasteiger partial charge in [0.05, 0.1) is 12.1 Å². The Balaban J connectivity index is 1.95. The average Bonchev–Trinajstić information content (AvgIpc) is 3.06. The molecular formula is C12H18ClN3O2S. The second-order valence-corrected chi connectivity index (χ2v) is 7.47. The third-order valence-corrected chi connectivity index (χ3v) is 6.56. The lowest BCUT2D eigenvalue weighted by Gasteiger charge is -2.36. The molecule has 7 heteroatoms. The zero-order valence-corrected chi connectivity index (χ0v) is 12.3. The maximum atomic E-state index is 12.8. The molecule has 1 N–H and O–H groups in total. The van der Waals surface area contributed by atoms with Gasteiger partial charge in [-0.25, -0.2) is 8.42 Å². The fraction of sp³-hybridized carbons (Fsp3) is 0.750. The number of sulfonamides is 1. The van der Waals surface area contributed by atoms with Crippen LogP contribution in [0.25, 0.3) is 0 Å². The van der Waals surface area contributed by atoms with Crippen LogP contribution >= 0.6 is 11.6 Å². The van der Waals surface area contributed by atoms with Crippen LogP contribution in [0.15, 0.2) is 11.2 Å². The number of nitrogens with one attached hydrogen (secondary N) is 1. The summed E-state index contributed by atoms with van der Waals surface area (Å²) < 4.78 is 27.2. The summed E-state index contributed by atoms with van der Waals surface area (Å²) in [5.74, 6) is 0.693. The van der Waals surface area contributed by atoms with Crippen molar-refractivity contribution in [2.75, 3.05) is 6.54 Å². The highest BCUT2D eigenvalue weighted by atomic mass is 35.5. The highest BCUT2D eigenvalue weighted by Gasteiger charge is 2.42. The van der Waals surface area contributed by atoms with E-state index in [1.54, 1.807) is 4.31 Å². The van der Waals surface area contributed by atoms with Crippen LogP contribution in [0.4, 0.5) is 0 Å². The molecule has 1 aromatic rings. The lowest BCUT2D eigenvalue weighted by atomic mass is 9.94. The molecule has 19 heavy (non-hydrogen) atoms. The number of piperidine rings is 1. The molecule has 1 aromatic heterocycles. The van der Waals surface area contributed by atoms with E-state index < -0.39 is 10.0 Å². The SMILES string of the molecule is O=S(=O)(c1[nH]ncc1CCl)N1CCCC2CCCC21. The van der Waals surface area contributed by atoms with Crippen molar-refractivity contribution in [3.63, 3.8) is 0 Å². The van der Waals surface area contributed by atoms with E-state index in [1.807, 2.05) is 0 Å². The third kappa shape index (κ3) is 2.19. The van der Waals surface area contributed by atoms with Crippen LogP contribution in [-0.2, 0) is 15.9 Å². The third-order valence-electron chi connectivity index (χ3n) is 4.33. The molecule has 5 nitrogen and oxygen atoms in total. The predicted octanol–water partition coefficient (Wildman–Crippen LogP) is 2.10. The number of aromatic nitrogens is 2. The first-order valence-corrected chi connectivity index (χ1v) is 8.72. The molecule has 3 rings (SSSR count). The van der Waals surface area contributed by atoms with Crippen molar-refractivity contribution in [3.05, 3.63) is 11.8 Å². The molecule has 1 saturated carbocycles. The fourth-order valence-electron chi connectivity index (χ4n) is 3.44. The smallest absolute Gasteiger partial charge is 0.260 e. The molecule has 2 fully saturated rings. The Bertz CT molecular complexity index is 557. The summed E-state index contributed by atoms with van der Waals surface area (Å²) in [5, 5.41) is 6.61. The number of H-pyrrole nitrogens is 1. The molecule has 0 amide bonds. The van der Waals surface area contributed by atoms with Crippen molar-refractivity contribution >= 4 is 21.6 Å².